The van der Waals surface area contributed by atoms with Gasteiger partial charge in [-0.25, -0.2) is 0 Å². The Morgan fingerprint density at radius 3 is 2.95 bits per heavy atom. The van der Waals surface area contributed by atoms with Crippen molar-refractivity contribution in [2.45, 2.75) is 6.42 Å². The van der Waals surface area contributed by atoms with Crippen LogP contribution in [0.1, 0.15) is 15.9 Å². The number of hydrogen-bond acceptors (Lipinski definition) is 5. The first-order valence-corrected chi connectivity index (χ1v) is 6.68. The monoisotopic (exact) mass is 281 g/mol. The minimum Gasteiger partial charge on any atom is -0.382 e. The minimum absolute atomic E-state index is 0.115. The molecule has 0 bridgehead atoms. The zero-order valence-electron chi connectivity index (χ0n) is 11.7. The average Bonchev–Trinajstić information content (AvgIpc) is 2.87. The van der Waals surface area contributed by atoms with Crippen molar-refractivity contribution >= 4 is 17.4 Å². The topological polar surface area (TPSA) is 87.9 Å². The quantitative estimate of drug-likeness (QED) is 0.850. The summed E-state index contributed by atoms with van der Waals surface area (Å²) in [5.74, 6) is -0.280. The van der Waals surface area contributed by atoms with Gasteiger partial charge >= 0.3 is 0 Å². The molecule has 1 aromatic carbocycles. The van der Waals surface area contributed by atoms with Gasteiger partial charge in [0.15, 0.2) is 0 Å². The molecule has 0 aliphatic carbocycles. The van der Waals surface area contributed by atoms with Crippen LogP contribution in [-0.2, 0) is 6.42 Å². The van der Waals surface area contributed by atoms with Gasteiger partial charge in [-0.2, -0.15) is 15.0 Å². The van der Waals surface area contributed by atoms with Gasteiger partial charge in [-0.15, -0.1) is 0 Å². The van der Waals surface area contributed by atoms with Crippen molar-refractivity contribution in [3.05, 3.63) is 41.6 Å². The van der Waals surface area contributed by atoms with Crippen LogP contribution in [0.4, 0.5) is 11.5 Å². The molecular formula is C15H15N5O. The normalized spacial score (nSPS) is 17.1. The first-order valence-electron chi connectivity index (χ1n) is 6.68. The number of nitriles is 1. The summed E-state index contributed by atoms with van der Waals surface area (Å²) in [6.07, 6.45) is 1.98. The van der Waals surface area contributed by atoms with Crippen molar-refractivity contribution < 1.29 is 4.79 Å². The first-order chi connectivity index (χ1) is 10.1. The van der Waals surface area contributed by atoms with Gasteiger partial charge in [0.25, 0.3) is 5.91 Å². The molecule has 1 atom stereocenters. The molecule has 0 saturated heterocycles. The van der Waals surface area contributed by atoms with Crippen LogP contribution >= 0.6 is 0 Å². The van der Waals surface area contributed by atoms with Gasteiger partial charge in [0.05, 0.1) is 12.1 Å². The Morgan fingerprint density at radius 2 is 2.24 bits per heavy atom. The average molecular weight is 281 g/mol. The summed E-state index contributed by atoms with van der Waals surface area (Å²) in [5, 5.41) is 12.8. The summed E-state index contributed by atoms with van der Waals surface area (Å²) in [6.45, 7) is 0.608. The number of benzene rings is 1. The van der Waals surface area contributed by atoms with E-state index in [0.717, 1.165) is 15.9 Å². The van der Waals surface area contributed by atoms with Crippen LogP contribution in [0.5, 0.6) is 0 Å². The lowest BCUT2D eigenvalue weighted by Crippen LogP contribution is -2.39. The van der Waals surface area contributed by atoms with E-state index in [2.05, 4.69) is 10.00 Å². The summed E-state index contributed by atoms with van der Waals surface area (Å²) in [6, 6.07) is 9.96. The Hall–Kier alpha value is -2.81. The summed E-state index contributed by atoms with van der Waals surface area (Å²) in [7, 11) is 1.96. The van der Waals surface area contributed by atoms with Crippen LogP contribution in [0.25, 0.3) is 0 Å². The Labute approximate surface area is 122 Å². The molecule has 3 rings (SSSR count). The molecule has 1 aliphatic rings. The molecular weight excluding hydrogens is 266 g/mol. The highest BCUT2D eigenvalue weighted by molar-refractivity contribution is 5.86. The Kier molecular flexibility index (Phi) is 3.10. The standard InChI is InChI=1S/C15H15N5O/c1-19-9-11(6-10-4-2-3-5-13(10)19)15(21)20-14(17)12(7-16)8-18-20/h2-5,8,11H,6,9,17H2,1H3. The molecule has 0 saturated carbocycles. The summed E-state index contributed by atoms with van der Waals surface area (Å²) >= 11 is 0. The largest absolute Gasteiger partial charge is 0.382 e. The highest BCUT2D eigenvalue weighted by Crippen LogP contribution is 2.29. The molecule has 1 aliphatic heterocycles. The zero-order valence-corrected chi connectivity index (χ0v) is 11.7. The van der Waals surface area contributed by atoms with Crippen molar-refractivity contribution in [2.24, 2.45) is 5.92 Å². The van der Waals surface area contributed by atoms with E-state index in [0.29, 0.717) is 13.0 Å². The molecule has 2 heterocycles. The Bertz CT molecular complexity index is 743. The fourth-order valence-electron chi connectivity index (χ4n) is 2.77. The third kappa shape index (κ3) is 2.13. The third-order valence-electron chi connectivity index (χ3n) is 3.85. The van der Waals surface area contributed by atoms with Gasteiger partial charge in [-0.05, 0) is 18.1 Å². The predicted octanol–water partition coefficient (Wildman–Crippen LogP) is 1.29. The Balaban J connectivity index is 1.90. The van der Waals surface area contributed by atoms with Gasteiger partial charge in [-0.1, -0.05) is 18.2 Å². The number of carbonyl (C=O) groups is 1. The smallest absolute Gasteiger partial charge is 0.254 e. The summed E-state index contributed by atoms with van der Waals surface area (Å²) in [4.78, 5) is 14.7. The minimum atomic E-state index is -0.223. The number of nitrogens with zero attached hydrogens (tertiary/aromatic N) is 4. The molecule has 0 spiro atoms. The van der Waals surface area contributed by atoms with Crippen LogP contribution in [0.15, 0.2) is 30.5 Å². The second-order valence-electron chi connectivity index (χ2n) is 5.22. The highest BCUT2D eigenvalue weighted by Gasteiger charge is 2.30. The maximum atomic E-state index is 12.6. The number of para-hydroxylation sites is 1. The van der Waals surface area contributed by atoms with Gasteiger partial charge in [0, 0.05) is 19.3 Å². The fourth-order valence-corrected chi connectivity index (χ4v) is 2.77. The van der Waals surface area contributed by atoms with Crippen molar-refractivity contribution in [3.63, 3.8) is 0 Å². The number of fused-ring (bicyclic) bond motifs is 1. The van der Waals surface area contributed by atoms with Crippen LogP contribution in [-0.4, -0.2) is 29.3 Å². The summed E-state index contributed by atoms with van der Waals surface area (Å²) < 4.78 is 1.14. The number of rotatable bonds is 1. The molecule has 106 valence electrons. The van der Waals surface area contributed by atoms with Crippen molar-refractivity contribution in [3.8, 4) is 6.07 Å². The number of hydrogen-bond donors (Lipinski definition) is 1. The number of carbonyl (C=O) groups excluding carboxylic acids is 1. The molecule has 0 fully saturated rings. The molecule has 21 heavy (non-hydrogen) atoms. The molecule has 0 amide bonds. The lowest BCUT2D eigenvalue weighted by Gasteiger charge is -2.32. The molecule has 6 nitrogen and oxygen atoms in total. The molecule has 6 heteroatoms. The predicted molar refractivity (Wildman–Crippen MR) is 78.9 cm³/mol. The van der Waals surface area contributed by atoms with Gasteiger partial charge in [0.1, 0.15) is 17.5 Å². The SMILES string of the molecule is CN1CC(C(=O)n2ncc(C#N)c2N)Cc2ccccc21. The first kappa shape index (κ1) is 13.2. The molecule has 1 unspecified atom stereocenters. The van der Waals surface area contributed by atoms with Crippen molar-refractivity contribution in [1.29, 1.82) is 5.26 Å². The maximum absolute atomic E-state index is 12.6. The van der Waals surface area contributed by atoms with E-state index in [1.165, 1.54) is 6.20 Å². The van der Waals surface area contributed by atoms with Gasteiger partial charge in [-0.3, -0.25) is 4.79 Å². The van der Waals surface area contributed by atoms with Gasteiger partial charge in [0.2, 0.25) is 0 Å². The van der Waals surface area contributed by atoms with Crippen LogP contribution in [0, 0.1) is 17.2 Å². The van der Waals surface area contributed by atoms with E-state index in [1.807, 2.05) is 37.4 Å². The van der Waals surface area contributed by atoms with Crippen molar-refractivity contribution in [2.75, 3.05) is 24.2 Å². The van der Waals surface area contributed by atoms with Crippen molar-refractivity contribution in [1.82, 2.24) is 9.78 Å². The molecule has 0 radical (unpaired) electrons. The molecule has 2 aromatic rings. The Morgan fingerprint density at radius 1 is 1.48 bits per heavy atom. The van der Waals surface area contributed by atoms with E-state index in [1.54, 1.807) is 0 Å². The van der Waals surface area contributed by atoms with Crippen LogP contribution in [0.2, 0.25) is 0 Å². The van der Waals surface area contributed by atoms with Crippen LogP contribution < -0.4 is 10.6 Å². The third-order valence-corrected chi connectivity index (χ3v) is 3.85. The number of nitrogen functional groups attached to an aromatic ring is 1. The fraction of sp³-hybridized carbons (Fsp3) is 0.267. The van der Waals surface area contributed by atoms with E-state index in [-0.39, 0.29) is 23.2 Å². The zero-order chi connectivity index (χ0) is 15.0. The molecule has 1 aromatic heterocycles. The highest BCUT2D eigenvalue weighted by atomic mass is 16.2. The second-order valence-corrected chi connectivity index (χ2v) is 5.22. The lowest BCUT2D eigenvalue weighted by atomic mass is 9.92. The van der Waals surface area contributed by atoms with Gasteiger partial charge < -0.3 is 10.6 Å². The van der Waals surface area contributed by atoms with E-state index in [9.17, 15) is 4.79 Å². The van der Waals surface area contributed by atoms with E-state index < -0.39 is 0 Å². The van der Waals surface area contributed by atoms with E-state index >= 15 is 0 Å². The lowest BCUT2D eigenvalue weighted by molar-refractivity contribution is 0.0821. The summed E-state index contributed by atoms with van der Waals surface area (Å²) in [5.41, 5.74) is 8.30. The van der Waals surface area contributed by atoms with E-state index in [4.69, 9.17) is 11.0 Å². The number of aromatic nitrogens is 2. The molecule has 2 N–H and O–H groups in total. The maximum Gasteiger partial charge on any atom is 0.254 e. The number of anilines is 2. The number of nitrogens with two attached hydrogens (primary N) is 1. The second kappa shape index (κ2) is 4.94. The van der Waals surface area contributed by atoms with Crippen LogP contribution in [0.3, 0.4) is 0 Å².